The van der Waals surface area contributed by atoms with Gasteiger partial charge in [0.1, 0.15) is 0 Å². The van der Waals surface area contributed by atoms with Crippen molar-refractivity contribution in [1.82, 2.24) is 4.98 Å². The van der Waals surface area contributed by atoms with Gasteiger partial charge in [-0.2, -0.15) is 24.9 Å². The van der Waals surface area contributed by atoms with Gasteiger partial charge < -0.3 is 4.74 Å². The average Bonchev–Trinajstić information content (AvgIpc) is 2.82. The standard InChI is InChI=1S/C15H16F3NO2S/c16-15(17,18)8-21-13-4-1-9(7-19-13)14(20)10-5-11-2-3-12(6-10)22-11/h1,4,7,10-12H,2-3,5-6,8H2. The Bertz CT molecular complexity index is 535. The van der Waals surface area contributed by atoms with Crippen LogP contribution in [0.2, 0.25) is 0 Å². The van der Waals surface area contributed by atoms with E-state index in [-0.39, 0.29) is 17.6 Å². The summed E-state index contributed by atoms with van der Waals surface area (Å²) in [5.41, 5.74) is 0.454. The molecule has 0 aliphatic carbocycles. The second kappa shape index (κ2) is 6.10. The van der Waals surface area contributed by atoms with E-state index in [0.717, 1.165) is 12.8 Å². The lowest BCUT2D eigenvalue weighted by atomic mass is 9.91. The zero-order valence-corrected chi connectivity index (χ0v) is 12.6. The normalized spacial score (nSPS) is 27.7. The Hall–Kier alpha value is -1.24. The van der Waals surface area contributed by atoms with E-state index in [1.165, 1.54) is 31.2 Å². The first kappa shape index (κ1) is 15.6. The van der Waals surface area contributed by atoms with Crippen LogP contribution in [0.15, 0.2) is 18.3 Å². The topological polar surface area (TPSA) is 39.2 Å². The molecule has 0 radical (unpaired) electrons. The van der Waals surface area contributed by atoms with Crippen molar-refractivity contribution in [2.24, 2.45) is 5.92 Å². The predicted molar refractivity (Wildman–Crippen MR) is 77.2 cm³/mol. The Morgan fingerprint density at radius 3 is 2.50 bits per heavy atom. The number of carbonyl (C=O) groups is 1. The third kappa shape index (κ3) is 3.74. The fraction of sp³-hybridized carbons (Fsp3) is 0.600. The molecule has 2 bridgehead atoms. The van der Waals surface area contributed by atoms with Crippen molar-refractivity contribution in [1.29, 1.82) is 0 Å². The number of hydrogen-bond acceptors (Lipinski definition) is 4. The van der Waals surface area contributed by atoms with Crippen molar-refractivity contribution in [3.05, 3.63) is 23.9 Å². The van der Waals surface area contributed by atoms with Gasteiger partial charge in [-0.05, 0) is 31.7 Å². The molecule has 0 amide bonds. The highest BCUT2D eigenvalue weighted by molar-refractivity contribution is 8.00. The van der Waals surface area contributed by atoms with E-state index in [0.29, 0.717) is 16.1 Å². The van der Waals surface area contributed by atoms with E-state index in [9.17, 15) is 18.0 Å². The Kier molecular flexibility index (Phi) is 4.34. The van der Waals surface area contributed by atoms with E-state index in [4.69, 9.17) is 0 Å². The SMILES string of the molecule is O=C(c1ccc(OCC(F)(F)F)nc1)C1CC2CCC(C1)S2. The molecule has 0 N–H and O–H groups in total. The summed E-state index contributed by atoms with van der Waals surface area (Å²) in [5.74, 6) is -0.0530. The van der Waals surface area contributed by atoms with Crippen LogP contribution in [0.25, 0.3) is 0 Å². The molecule has 1 aromatic heterocycles. The lowest BCUT2D eigenvalue weighted by Crippen LogP contribution is -2.25. The molecule has 0 aromatic carbocycles. The number of halogens is 3. The summed E-state index contributed by atoms with van der Waals surface area (Å²) in [6.45, 7) is -1.38. The summed E-state index contributed by atoms with van der Waals surface area (Å²) in [6.07, 6.45) is 1.08. The van der Waals surface area contributed by atoms with Crippen molar-refractivity contribution in [3.8, 4) is 5.88 Å². The molecule has 3 nitrogen and oxygen atoms in total. The average molecular weight is 331 g/mol. The third-order valence-electron chi connectivity index (χ3n) is 4.07. The first-order valence-electron chi connectivity index (χ1n) is 7.26. The summed E-state index contributed by atoms with van der Waals surface area (Å²) < 4.78 is 40.7. The highest BCUT2D eigenvalue weighted by atomic mass is 32.2. The van der Waals surface area contributed by atoms with Crippen LogP contribution in [0.3, 0.4) is 0 Å². The summed E-state index contributed by atoms with van der Waals surface area (Å²) in [4.78, 5) is 16.3. The molecule has 2 aliphatic heterocycles. The van der Waals surface area contributed by atoms with Gasteiger partial charge in [-0.3, -0.25) is 4.79 Å². The summed E-state index contributed by atoms with van der Waals surface area (Å²) in [7, 11) is 0. The second-order valence-electron chi connectivity index (χ2n) is 5.78. The number of pyridine rings is 1. The number of Topliss-reactive ketones (excluding diaryl/α,β-unsaturated/α-hetero) is 1. The number of hydrogen-bond donors (Lipinski definition) is 0. The first-order chi connectivity index (χ1) is 10.4. The molecule has 2 aliphatic rings. The summed E-state index contributed by atoms with van der Waals surface area (Å²) >= 11 is 1.99. The quantitative estimate of drug-likeness (QED) is 0.785. The minimum atomic E-state index is -4.39. The third-order valence-corrected chi connectivity index (χ3v) is 5.69. The summed E-state index contributed by atoms with van der Waals surface area (Å²) in [5, 5.41) is 1.16. The molecule has 3 heterocycles. The van der Waals surface area contributed by atoms with Crippen molar-refractivity contribution in [2.75, 3.05) is 6.61 Å². The molecular formula is C15H16F3NO2S. The van der Waals surface area contributed by atoms with Crippen LogP contribution in [0, 0.1) is 5.92 Å². The molecule has 1 aromatic rings. The molecule has 22 heavy (non-hydrogen) atoms. The Labute approximate surface area is 130 Å². The van der Waals surface area contributed by atoms with Crippen LogP contribution in [0.4, 0.5) is 13.2 Å². The van der Waals surface area contributed by atoms with E-state index >= 15 is 0 Å². The number of aromatic nitrogens is 1. The molecular weight excluding hydrogens is 315 g/mol. The van der Waals surface area contributed by atoms with Crippen LogP contribution in [-0.4, -0.2) is 34.1 Å². The monoisotopic (exact) mass is 331 g/mol. The van der Waals surface area contributed by atoms with Crippen LogP contribution in [0.1, 0.15) is 36.0 Å². The van der Waals surface area contributed by atoms with Crippen molar-refractivity contribution >= 4 is 17.5 Å². The largest absolute Gasteiger partial charge is 0.468 e. The minimum Gasteiger partial charge on any atom is -0.468 e. The molecule has 120 valence electrons. The number of ketones is 1. The van der Waals surface area contributed by atoms with E-state index < -0.39 is 12.8 Å². The van der Waals surface area contributed by atoms with Gasteiger partial charge in [0.15, 0.2) is 12.4 Å². The fourth-order valence-electron chi connectivity index (χ4n) is 3.07. The number of nitrogens with zero attached hydrogens (tertiary/aromatic N) is 1. The Morgan fingerprint density at radius 1 is 1.27 bits per heavy atom. The van der Waals surface area contributed by atoms with E-state index in [1.807, 2.05) is 11.8 Å². The predicted octanol–water partition coefficient (Wildman–Crippen LogP) is 3.88. The highest BCUT2D eigenvalue weighted by Gasteiger charge is 2.38. The molecule has 0 spiro atoms. The van der Waals surface area contributed by atoms with Crippen molar-refractivity contribution in [2.45, 2.75) is 42.4 Å². The van der Waals surface area contributed by atoms with Gasteiger partial charge >= 0.3 is 6.18 Å². The minimum absolute atomic E-state index is 0.0162. The maximum atomic E-state index is 12.5. The number of thioether (sulfide) groups is 1. The second-order valence-corrected chi connectivity index (χ2v) is 7.38. The molecule has 3 rings (SSSR count). The van der Waals surface area contributed by atoms with Crippen LogP contribution >= 0.6 is 11.8 Å². The maximum absolute atomic E-state index is 12.5. The molecule has 7 heteroatoms. The molecule has 2 atom stereocenters. The molecule has 2 fully saturated rings. The zero-order valence-electron chi connectivity index (χ0n) is 11.8. The van der Waals surface area contributed by atoms with Crippen LogP contribution in [-0.2, 0) is 0 Å². The van der Waals surface area contributed by atoms with E-state index in [1.54, 1.807) is 0 Å². The van der Waals surface area contributed by atoms with Gasteiger partial charge in [0.25, 0.3) is 0 Å². The van der Waals surface area contributed by atoms with E-state index in [2.05, 4.69) is 9.72 Å². The molecule has 0 saturated carbocycles. The van der Waals surface area contributed by atoms with Gasteiger partial charge in [-0.25, -0.2) is 4.98 Å². The fourth-order valence-corrected chi connectivity index (χ4v) is 4.85. The molecule has 2 unspecified atom stereocenters. The van der Waals surface area contributed by atoms with Gasteiger partial charge in [-0.1, -0.05) is 0 Å². The highest BCUT2D eigenvalue weighted by Crippen LogP contribution is 2.46. The Balaban J connectivity index is 1.61. The summed E-state index contributed by atoms with van der Waals surface area (Å²) in [6, 6.07) is 2.83. The first-order valence-corrected chi connectivity index (χ1v) is 8.20. The number of rotatable bonds is 4. The lowest BCUT2D eigenvalue weighted by Gasteiger charge is -2.26. The maximum Gasteiger partial charge on any atom is 0.422 e. The van der Waals surface area contributed by atoms with Gasteiger partial charge in [0.2, 0.25) is 5.88 Å². The van der Waals surface area contributed by atoms with Crippen molar-refractivity contribution < 1.29 is 22.7 Å². The zero-order chi connectivity index (χ0) is 15.7. The smallest absolute Gasteiger partial charge is 0.422 e. The van der Waals surface area contributed by atoms with Crippen LogP contribution in [0.5, 0.6) is 5.88 Å². The van der Waals surface area contributed by atoms with Gasteiger partial charge in [0, 0.05) is 34.2 Å². The number of fused-ring (bicyclic) bond motifs is 2. The number of alkyl halides is 3. The number of ether oxygens (including phenoxy) is 1. The lowest BCUT2D eigenvalue weighted by molar-refractivity contribution is -0.154. The number of carbonyl (C=O) groups excluding carboxylic acids is 1. The van der Waals surface area contributed by atoms with Gasteiger partial charge in [0.05, 0.1) is 0 Å². The van der Waals surface area contributed by atoms with Crippen molar-refractivity contribution in [3.63, 3.8) is 0 Å². The van der Waals surface area contributed by atoms with Crippen LogP contribution < -0.4 is 4.74 Å². The Morgan fingerprint density at radius 2 is 1.95 bits per heavy atom. The molecule has 2 saturated heterocycles. The van der Waals surface area contributed by atoms with Gasteiger partial charge in [-0.15, -0.1) is 0 Å².